The van der Waals surface area contributed by atoms with Gasteiger partial charge in [0.25, 0.3) is 5.69 Å². The van der Waals surface area contributed by atoms with Gasteiger partial charge in [-0.2, -0.15) is 4.31 Å². The Kier molecular flexibility index (Phi) is 4.07. The molecule has 0 aromatic heterocycles. The fraction of sp³-hybridized carbons (Fsp3) is 0.500. The first-order valence-corrected chi connectivity index (χ1v) is 7.74. The van der Waals surface area contributed by atoms with Crippen LogP contribution in [-0.4, -0.2) is 43.8 Å². The molecular weight excluding hydrogens is 282 g/mol. The predicted molar refractivity (Wildman–Crippen MR) is 74.2 cm³/mol. The van der Waals surface area contributed by atoms with E-state index in [1.54, 1.807) is 13.8 Å². The van der Waals surface area contributed by atoms with E-state index in [-0.39, 0.29) is 10.6 Å². The molecule has 0 atom stereocenters. The molecule has 1 aromatic carbocycles. The van der Waals surface area contributed by atoms with Crippen molar-refractivity contribution in [2.24, 2.45) is 0 Å². The summed E-state index contributed by atoms with van der Waals surface area (Å²) in [5, 5.41) is 14.0. The Hall–Kier alpha value is -1.51. The van der Waals surface area contributed by atoms with Crippen molar-refractivity contribution in [1.29, 1.82) is 0 Å². The van der Waals surface area contributed by atoms with Gasteiger partial charge in [-0.25, -0.2) is 8.42 Å². The van der Waals surface area contributed by atoms with Crippen molar-refractivity contribution in [2.75, 3.05) is 26.2 Å². The van der Waals surface area contributed by atoms with Crippen molar-refractivity contribution < 1.29 is 13.3 Å². The van der Waals surface area contributed by atoms with E-state index in [4.69, 9.17) is 0 Å². The van der Waals surface area contributed by atoms with Gasteiger partial charge in [0.2, 0.25) is 10.0 Å². The van der Waals surface area contributed by atoms with Crippen LogP contribution in [-0.2, 0) is 10.0 Å². The minimum absolute atomic E-state index is 0.0334. The van der Waals surface area contributed by atoms with Crippen molar-refractivity contribution in [3.8, 4) is 0 Å². The lowest BCUT2D eigenvalue weighted by atomic mass is 10.1. The van der Waals surface area contributed by atoms with Gasteiger partial charge in [-0.05, 0) is 25.0 Å². The number of hydrogen-bond donors (Lipinski definition) is 1. The number of aryl methyl sites for hydroxylation is 1. The van der Waals surface area contributed by atoms with E-state index in [2.05, 4.69) is 5.32 Å². The van der Waals surface area contributed by atoms with Crippen LogP contribution in [0, 0.1) is 24.0 Å². The van der Waals surface area contributed by atoms with E-state index in [0.29, 0.717) is 37.3 Å². The van der Waals surface area contributed by atoms with Gasteiger partial charge in [-0.3, -0.25) is 10.1 Å². The number of rotatable bonds is 3. The van der Waals surface area contributed by atoms with Crippen LogP contribution in [0.3, 0.4) is 0 Å². The second-order valence-corrected chi connectivity index (χ2v) is 6.70. The molecule has 1 saturated heterocycles. The summed E-state index contributed by atoms with van der Waals surface area (Å²) < 4.78 is 26.6. The number of piperazine rings is 1. The molecule has 2 rings (SSSR count). The number of sulfonamides is 1. The number of nitrogens with one attached hydrogen (secondary N) is 1. The second kappa shape index (κ2) is 5.47. The third-order valence-electron chi connectivity index (χ3n) is 3.51. The van der Waals surface area contributed by atoms with Gasteiger partial charge >= 0.3 is 0 Å². The van der Waals surface area contributed by atoms with Crippen LogP contribution in [0.15, 0.2) is 17.0 Å². The summed E-state index contributed by atoms with van der Waals surface area (Å²) >= 11 is 0. The summed E-state index contributed by atoms with van der Waals surface area (Å²) in [6.07, 6.45) is 0. The molecule has 1 fully saturated rings. The van der Waals surface area contributed by atoms with Crippen molar-refractivity contribution in [3.05, 3.63) is 33.4 Å². The highest BCUT2D eigenvalue weighted by Gasteiger charge is 2.29. The van der Waals surface area contributed by atoms with Gasteiger partial charge in [-0.1, -0.05) is 0 Å². The average molecular weight is 299 g/mol. The zero-order valence-corrected chi connectivity index (χ0v) is 12.2. The lowest BCUT2D eigenvalue weighted by Crippen LogP contribution is -2.46. The van der Waals surface area contributed by atoms with Crippen molar-refractivity contribution in [3.63, 3.8) is 0 Å². The van der Waals surface area contributed by atoms with Crippen molar-refractivity contribution >= 4 is 15.7 Å². The van der Waals surface area contributed by atoms with Crippen molar-refractivity contribution in [2.45, 2.75) is 18.7 Å². The van der Waals surface area contributed by atoms with Gasteiger partial charge in [-0.15, -0.1) is 0 Å². The number of nitro benzene ring substituents is 1. The SMILES string of the molecule is Cc1cc([N+](=O)[O-])cc(S(=O)(=O)N2CCNCC2)c1C. The Morgan fingerprint density at radius 2 is 1.85 bits per heavy atom. The summed E-state index contributed by atoms with van der Waals surface area (Å²) in [5.74, 6) is 0. The van der Waals surface area contributed by atoms with Crippen LogP contribution >= 0.6 is 0 Å². The van der Waals surface area contributed by atoms with Gasteiger partial charge in [0.1, 0.15) is 0 Å². The Morgan fingerprint density at radius 1 is 1.25 bits per heavy atom. The normalized spacial score (nSPS) is 17.1. The molecular formula is C12H17N3O4S. The molecule has 1 aliphatic heterocycles. The molecule has 1 aromatic rings. The van der Waals surface area contributed by atoms with E-state index in [1.165, 1.54) is 10.4 Å². The van der Waals surface area contributed by atoms with E-state index in [0.717, 1.165) is 6.07 Å². The number of hydrogen-bond acceptors (Lipinski definition) is 5. The molecule has 8 heteroatoms. The van der Waals surface area contributed by atoms with Crippen LogP contribution in [0.5, 0.6) is 0 Å². The average Bonchev–Trinajstić information content (AvgIpc) is 2.42. The molecule has 1 N–H and O–H groups in total. The number of non-ortho nitro benzene ring substituents is 1. The maximum Gasteiger partial charge on any atom is 0.271 e. The molecule has 0 unspecified atom stereocenters. The minimum Gasteiger partial charge on any atom is -0.314 e. The molecule has 0 amide bonds. The van der Waals surface area contributed by atoms with E-state index in [9.17, 15) is 18.5 Å². The Balaban J connectivity index is 2.52. The molecule has 0 bridgehead atoms. The van der Waals surface area contributed by atoms with E-state index >= 15 is 0 Å². The van der Waals surface area contributed by atoms with Gasteiger partial charge < -0.3 is 5.32 Å². The van der Waals surface area contributed by atoms with Gasteiger partial charge in [0, 0.05) is 38.3 Å². The van der Waals surface area contributed by atoms with Crippen LogP contribution in [0.4, 0.5) is 5.69 Å². The third kappa shape index (κ3) is 2.67. The molecule has 0 spiro atoms. The fourth-order valence-electron chi connectivity index (χ4n) is 2.21. The summed E-state index contributed by atoms with van der Waals surface area (Å²) in [6.45, 7) is 5.29. The lowest BCUT2D eigenvalue weighted by Gasteiger charge is -2.27. The van der Waals surface area contributed by atoms with Crippen LogP contribution in [0.2, 0.25) is 0 Å². The quantitative estimate of drug-likeness (QED) is 0.658. The number of nitrogens with zero attached hydrogens (tertiary/aromatic N) is 2. The molecule has 110 valence electrons. The molecule has 7 nitrogen and oxygen atoms in total. The monoisotopic (exact) mass is 299 g/mol. The fourth-order valence-corrected chi connectivity index (χ4v) is 3.96. The molecule has 20 heavy (non-hydrogen) atoms. The first-order valence-electron chi connectivity index (χ1n) is 6.30. The first kappa shape index (κ1) is 14.9. The van der Waals surface area contributed by atoms with Crippen LogP contribution < -0.4 is 5.32 Å². The highest BCUT2D eigenvalue weighted by Crippen LogP contribution is 2.27. The van der Waals surface area contributed by atoms with Crippen LogP contribution in [0.1, 0.15) is 11.1 Å². The summed E-state index contributed by atoms with van der Waals surface area (Å²) in [7, 11) is -3.68. The molecule has 0 saturated carbocycles. The maximum atomic E-state index is 12.6. The van der Waals surface area contributed by atoms with Gasteiger partial charge in [0.05, 0.1) is 9.82 Å². The molecule has 0 radical (unpaired) electrons. The first-order chi connectivity index (χ1) is 9.34. The number of benzene rings is 1. The summed E-state index contributed by atoms with van der Waals surface area (Å²) in [5.41, 5.74) is 0.976. The Bertz CT molecular complexity index is 636. The molecule has 1 aliphatic rings. The minimum atomic E-state index is -3.68. The summed E-state index contributed by atoms with van der Waals surface area (Å²) in [4.78, 5) is 10.4. The molecule has 0 aliphatic carbocycles. The zero-order chi connectivity index (χ0) is 14.9. The number of nitro groups is 1. The Labute approximate surface area is 117 Å². The lowest BCUT2D eigenvalue weighted by molar-refractivity contribution is -0.385. The topological polar surface area (TPSA) is 92.5 Å². The zero-order valence-electron chi connectivity index (χ0n) is 11.4. The maximum absolute atomic E-state index is 12.6. The Morgan fingerprint density at radius 3 is 2.40 bits per heavy atom. The summed E-state index contributed by atoms with van der Waals surface area (Å²) in [6, 6.07) is 2.55. The largest absolute Gasteiger partial charge is 0.314 e. The standard InChI is InChI=1S/C12H17N3O4S/c1-9-7-11(15(16)17)8-12(10(9)2)20(18,19)14-5-3-13-4-6-14/h7-8,13H,3-6H2,1-2H3. The predicted octanol–water partition coefficient (Wildman–Crippen LogP) is 0.806. The third-order valence-corrected chi connectivity index (χ3v) is 5.53. The highest BCUT2D eigenvalue weighted by molar-refractivity contribution is 7.89. The van der Waals surface area contributed by atoms with Gasteiger partial charge in [0.15, 0.2) is 0 Å². The highest BCUT2D eigenvalue weighted by atomic mass is 32.2. The smallest absolute Gasteiger partial charge is 0.271 e. The van der Waals surface area contributed by atoms with E-state index in [1.807, 2.05) is 0 Å². The van der Waals surface area contributed by atoms with Crippen LogP contribution in [0.25, 0.3) is 0 Å². The molecule has 1 heterocycles. The van der Waals surface area contributed by atoms with Crippen molar-refractivity contribution in [1.82, 2.24) is 9.62 Å². The second-order valence-electron chi connectivity index (χ2n) is 4.80. The van der Waals surface area contributed by atoms with E-state index < -0.39 is 14.9 Å².